The summed E-state index contributed by atoms with van der Waals surface area (Å²) in [6, 6.07) is 4.08. The van der Waals surface area contributed by atoms with Crippen LogP contribution in [0.5, 0.6) is 0 Å². The number of nitrogens with zero attached hydrogens (tertiary/aromatic N) is 5. The number of likely N-dealkylation sites (tertiary alicyclic amines) is 1. The summed E-state index contributed by atoms with van der Waals surface area (Å²) in [7, 11) is 0. The smallest absolute Gasteiger partial charge is 0.253 e. The molecule has 2 fully saturated rings. The number of piperidine rings is 1. The van der Waals surface area contributed by atoms with Gasteiger partial charge in [-0.2, -0.15) is 4.98 Å². The van der Waals surface area contributed by atoms with Gasteiger partial charge in [-0.3, -0.25) is 9.78 Å². The number of hydrogen-bond acceptors (Lipinski definition) is 6. The first-order valence-corrected chi connectivity index (χ1v) is 14.5. The van der Waals surface area contributed by atoms with Gasteiger partial charge in [0.05, 0.1) is 6.10 Å². The number of nitrogens with one attached hydrogen (secondary N) is 1. The van der Waals surface area contributed by atoms with Crippen LogP contribution in [0.4, 0.5) is 5.95 Å². The lowest BCUT2D eigenvalue weighted by Crippen LogP contribution is -2.38. The van der Waals surface area contributed by atoms with Crippen molar-refractivity contribution in [3.8, 4) is 0 Å². The van der Waals surface area contributed by atoms with Crippen LogP contribution in [0.15, 0.2) is 36.8 Å². The quantitative estimate of drug-likeness (QED) is 0.394. The monoisotopic (exact) mass is 530 g/mol. The SMILES string of the molecule is C=C(Nc1ncc2c(C3CCN(C(=O)c4cc(C)nc(C)c4)CC3)cn(C3CCC(O)CC3)c2n1)[C@@H](C)CC. The van der Waals surface area contributed by atoms with Crippen molar-refractivity contribution in [3.05, 3.63) is 59.3 Å². The largest absolute Gasteiger partial charge is 0.393 e. The molecule has 2 aliphatic rings. The Morgan fingerprint density at radius 1 is 1.10 bits per heavy atom. The van der Waals surface area contributed by atoms with E-state index in [2.05, 4.69) is 46.5 Å². The van der Waals surface area contributed by atoms with Crippen LogP contribution in [0.25, 0.3) is 11.0 Å². The van der Waals surface area contributed by atoms with E-state index in [1.165, 1.54) is 5.56 Å². The fourth-order valence-electron chi connectivity index (χ4n) is 6.10. The van der Waals surface area contributed by atoms with E-state index in [0.717, 1.165) is 91.7 Å². The summed E-state index contributed by atoms with van der Waals surface area (Å²) < 4.78 is 2.33. The molecule has 1 aliphatic carbocycles. The predicted octanol–water partition coefficient (Wildman–Crippen LogP) is 5.91. The first-order valence-electron chi connectivity index (χ1n) is 14.5. The summed E-state index contributed by atoms with van der Waals surface area (Å²) in [5.74, 6) is 1.34. The molecule has 39 heavy (non-hydrogen) atoms. The van der Waals surface area contributed by atoms with E-state index in [0.29, 0.717) is 23.8 Å². The van der Waals surface area contributed by atoms with Crippen LogP contribution >= 0.6 is 0 Å². The molecular weight excluding hydrogens is 488 g/mol. The third kappa shape index (κ3) is 5.86. The number of anilines is 1. The minimum absolute atomic E-state index is 0.0887. The van der Waals surface area contributed by atoms with E-state index < -0.39 is 0 Å². The van der Waals surface area contributed by atoms with Gasteiger partial charge in [-0.1, -0.05) is 20.4 Å². The first kappa shape index (κ1) is 27.3. The maximum atomic E-state index is 13.2. The lowest BCUT2D eigenvalue weighted by Gasteiger charge is -2.32. The number of aliphatic hydroxyl groups is 1. The molecule has 5 rings (SSSR count). The molecule has 1 amide bonds. The van der Waals surface area contributed by atoms with Gasteiger partial charge >= 0.3 is 0 Å². The van der Waals surface area contributed by atoms with E-state index in [1.807, 2.05) is 37.1 Å². The van der Waals surface area contributed by atoms with E-state index in [1.54, 1.807) is 0 Å². The van der Waals surface area contributed by atoms with Crippen molar-refractivity contribution in [3.63, 3.8) is 0 Å². The predicted molar refractivity (Wildman–Crippen MR) is 155 cm³/mol. The van der Waals surface area contributed by atoms with Crippen LogP contribution in [0.1, 0.15) is 98.1 Å². The Bertz CT molecular complexity index is 1330. The number of carbonyl (C=O) groups excluding carboxylic acids is 1. The van der Waals surface area contributed by atoms with Crippen molar-refractivity contribution < 1.29 is 9.90 Å². The molecular formula is C31H42N6O2. The average Bonchev–Trinajstić information content (AvgIpc) is 3.31. The lowest BCUT2D eigenvalue weighted by molar-refractivity contribution is 0.0712. The number of hydrogen-bond donors (Lipinski definition) is 2. The number of fused-ring (bicyclic) bond motifs is 1. The molecule has 0 unspecified atom stereocenters. The zero-order valence-electron chi connectivity index (χ0n) is 23.8. The van der Waals surface area contributed by atoms with Crippen molar-refractivity contribution >= 4 is 22.9 Å². The molecule has 208 valence electrons. The molecule has 0 bridgehead atoms. The Labute approximate surface area is 231 Å². The number of pyridine rings is 1. The van der Waals surface area contributed by atoms with Gasteiger partial charge < -0.3 is 19.9 Å². The summed E-state index contributed by atoms with van der Waals surface area (Å²) in [6.45, 7) is 13.8. The second kappa shape index (κ2) is 11.5. The zero-order chi connectivity index (χ0) is 27.7. The van der Waals surface area contributed by atoms with Gasteiger partial charge in [0.15, 0.2) is 0 Å². The van der Waals surface area contributed by atoms with Crippen LogP contribution in [0, 0.1) is 19.8 Å². The van der Waals surface area contributed by atoms with Gasteiger partial charge in [-0.25, -0.2) is 4.98 Å². The Balaban J connectivity index is 1.39. The van der Waals surface area contributed by atoms with Crippen molar-refractivity contribution in [1.82, 2.24) is 24.4 Å². The first-order chi connectivity index (χ1) is 18.7. The van der Waals surface area contributed by atoms with Crippen LogP contribution in [0.2, 0.25) is 0 Å². The average molecular weight is 531 g/mol. The standard InChI is InChI=1S/C31H42N6O2/c1-6-19(2)22(5)34-31-32-17-27-28(18-37(29(27)35-31)25-7-9-26(38)10-8-25)23-11-13-36(14-12-23)30(39)24-15-20(3)33-21(4)16-24/h15-19,23,25-26,38H,5-14H2,1-4H3,(H,32,34,35)/t19-,25?,26?/m0/s1. The number of rotatable bonds is 7. The van der Waals surface area contributed by atoms with Crippen molar-refractivity contribution in [2.45, 2.75) is 90.7 Å². The van der Waals surface area contributed by atoms with Crippen LogP contribution in [-0.4, -0.2) is 54.6 Å². The Morgan fingerprint density at radius 2 is 1.77 bits per heavy atom. The lowest BCUT2D eigenvalue weighted by atomic mass is 9.89. The Morgan fingerprint density at radius 3 is 2.41 bits per heavy atom. The highest BCUT2D eigenvalue weighted by Crippen LogP contribution is 2.38. The maximum absolute atomic E-state index is 13.2. The third-order valence-corrected chi connectivity index (χ3v) is 8.69. The summed E-state index contributed by atoms with van der Waals surface area (Å²) in [5, 5.41) is 14.5. The highest BCUT2D eigenvalue weighted by Gasteiger charge is 2.30. The molecule has 0 aromatic carbocycles. The highest BCUT2D eigenvalue weighted by molar-refractivity contribution is 5.94. The van der Waals surface area contributed by atoms with Crippen LogP contribution in [-0.2, 0) is 0 Å². The van der Waals surface area contributed by atoms with Gasteiger partial charge in [-0.05, 0) is 88.3 Å². The van der Waals surface area contributed by atoms with E-state index >= 15 is 0 Å². The topological polar surface area (TPSA) is 96.2 Å². The number of carbonyl (C=O) groups is 1. The number of aliphatic hydroxyl groups excluding tert-OH is 1. The van der Waals surface area contributed by atoms with Gasteiger partial charge in [0.25, 0.3) is 5.91 Å². The summed E-state index contributed by atoms with van der Waals surface area (Å²) in [5.41, 5.74) is 5.61. The zero-order valence-corrected chi connectivity index (χ0v) is 23.8. The third-order valence-electron chi connectivity index (χ3n) is 8.69. The summed E-state index contributed by atoms with van der Waals surface area (Å²) in [6.07, 6.45) is 10.4. The van der Waals surface area contributed by atoms with Gasteiger partial charge in [0.2, 0.25) is 5.95 Å². The summed E-state index contributed by atoms with van der Waals surface area (Å²) in [4.78, 5) is 29.3. The molecule has 1 saturated heterocycles. The molecule has 1 aliphatic heterocycles. The van der Waals surface area contributed by atoms with Crippen molar-refractivity contribution in [2.75, 3.05) is 18.4 Å². The van der Waals surface area contributed by atoms with E-state index in [4.69, 9.17) is 4.98 Å². The van der Waals surface area contributed by atoms with Gasteiger partial charge in [0.1, 0.15) is 5.65 Å². The molecule has 0 spiro atoms. The second-order valence-electron chi connectivity index (χ2n) is 11.5. The highest BCUT2D eigenvalue weighted by atomic mass is 16.3. The van der Waals surface area contributed by atoms with E-state index in [9.17, 15) is 9.90 Å². The normalized spacial score (nSPS) is 21.2. The molecule has 2 N–H and O–H groups in total. The molecule has 0 radical (unpaired) electrons. The van der Waals surface area contributed by atoms with Crippen LogP contribution < -0.4 is 5.32 Å². The summed E-state index contributed by atoms with van der Waals surface area (Å²) >= 11 is 0. The molecule has 1 atom stereocenters. The number of aryl methyl sites for hydroxylation is 2. The minimum Gasteiger partial charge on any atom is -0.393 e. The minimum atomic E-state index is -0.205. The molecule has 3 aromatic rings. The van der Waals surface area contributed by atoms with Crippen molar-refractivity contribution in [1.29, 1.82) is 0 Å². The van der Waals surface area contributed by atoms with Gasteiger partial charge in [-0.15, -0.1) is 0 Å². The Kier molecular flexibility index (Phi) is 8.03. The Hall–Kier alpha value is -3.26. The molecule has 8 heteroatoms. The van der Waals surface area contributed by atoms with Gasteiger partial charge in [0, 0.05) is 59.6 Å². The second-order valence-corrected chi connectivity index (χ2v) is 11.5. The van der Waals surface area contributed by atoms with E-state index in [-0.39, 0.29) is 12.0 Å². The van der Waals surface area contributed by atoms with Crippen LogP contribution in [0.3, 0.4) is 0 Å². The molecule has 3 aromatic heterocycles. The number of allylic oxidation sites excluding steroid dienone is 1. The molecule has 8 nitrogen and oxygen atoms in total. The maximum Gasteiger partial charge on any atom is 0.253 e. The molecule has 4 heterocycles. The van der Waals surface area contributed by atoms with Crippen molar-refractivity contribution in [2.24, 2.45) is 5.92 Å². The fraction of sp³-hybridized carbons (Fsp3) is 0.548. The number of amides is 1. The molecule has 1 saturated carbocycles. The fourth-order valence-corrected chi connectivity index (χ4v) is 6.10. The number of aromatic nitrogens is 4.